The van der Waals surface area contributed by atoms with Gasteiger partial charge in [0.25, 0.3) is 0 Å². The number of hydrogen-bond donors (Lipinski definition) is 1. The third-order valence-electron chi connectivity index (χ3n) is 4.71. The second-order valence-electron chi connectivity index (χ2n) is 6.41. The van der Waals surface area contributed by atoms with Crippen molar-refractivity contribution in [2.45, 2.75) is 13.8 Å². The lowest BCUT2D eigenvalue weighted by atomic mass is 9.97. The minimum Gasteiger partial charge on any atom is -0.461 e. The van der Waals surface area contributed by atoms with E-state index in [9.17, 15) is 14.9 Å². The first-order valence-corrected chi connectivity index (χ1v) is 8.64. The van der Waals surface area contributed by atoms with E-state index in [1.54, 1.807) is 25.1 Å². The largest absolute Gasteiger partial charge is 0.461 e. The number of benzene rings is 2. The highest BCUT2D eigenvalue weighted by molar-refractivity contribution is 6.26. The first kappa shape index (κ1) is 16.8. The Morgan fingerprint density at radius 2 is 1.85 bits per heavy atom. The van der Waals surface area contributed by atoms with Crippen molar-refractivity contribution in [2.24, 2.45) is 0 Å². The number of carbonyl (C=O) groups is 2. The molecule has 1 aliphatic rings. The quantitative estimate of drug-likeness (QED) is 0.556. The Bertz CT molecular complexity index is 1130. The highest BCUT2D eigenvalue weighted by Crippen LogP contribution is 2.44. The average molecular weight is 356 g/mol. The van der Waals surface area contributed by atoms with E-state index in [0.29, 0.717) is 33.5 Å². The number of aromatic nitrogens is 1. The van der Waals surface area contributed by atoms with Crippen LogP contribution in [0.1, 0.15) is 44.5 Å². The fourth-order valence-electron chi connectivity index (χ4n) is 3.45. The topological polar surface area (TPSA) is 83.0 Å². The predicted molar refractivity (Wildman–Crippen MR) is 101 cm³/mol. The Labute approximate surface area is 156 Å². The van der Waals surface area contributed by atoms with Gasteiger partial charge in [0.15, 0.2) is 5.78 Å². The van der Waals surface area contributed by atoms with Crippen LogP contribution in [0.15, 0.2) is 42.5 Å². The lowest BCUT2D eigenvalue weighted by molar-refractivity contribution is 0.0521. The predicted octanol–water partition coefficient (Wildman–Crippen LogP) is 4.25. The van der Waals surface area contributed by atoms with Crippen LogP contribution in [0.3, 0.4) is 0 Å². The van der Waals surface area contributed by atoms with Crippen molar-refractivity contribution in [1.29, 1.82) is 5.26 Å². The van der Waals surface area contributed by atoms with Crippen LogP contribution in [-0.4, -0.2) is 23.3 Å². The number of ketones is 1. The molecule has 0 saturated heterocycles. The number of aromatic amines is 1. The highest BCUT2D eigenvalue weighted by Gasteiger charge is 2.36. The molecule has 1 heterocycles. The third-order valence-corrected chi connectivity index (χ3v) is 4.71. The molecule has 4 rings (SSSR count). The molecular weight excluding hydrogens is 340 g/mol. The van der Waals surface area contributed by atoms with Gasteiger partial charge in [-0.05, 0) is 37.6 Å². The molecule has 0 unspecified atom stereocenters. The van der Waals surface area contributed by atoms with Gasteiger partial charge >= 0.3 is 5.97 Å². The van der Waals surface area contributed by atoms with Crippen molar-refractivity contribution >= 4 is 11.8 Å². The molecule has 5 nitrogen and oxygen atoms in total. The minimum atomic E-state index is -0.506. The van der Waals surface area contributed by atoms with E-state index < -0.39 is 5.97 Å². The maximum absolute atomic E-state index is 13.1. The van der Waals surface area contributed by atoms with E-state index in [1.807, 2.05) is 31.2 Å². The maximum atomic E-state index is 13.1. The average Bonchev–Trinajstić information content (AvgIpc) is 3.19. The SMILES string of the molecule is CCOC(=O)c1[nH]c2c(c1-c1ccc(C)cc1)C(=O)c1ccc(C#N)cc1-2. The molecule has 132 valence electrons. The number of nitriles is 1. The Hall–Kier alpha value is -3.65. The van der Waals surface area contributed by atoms with Gasteiger partial charge in [-0.2, -0.15) is 5.26 Å². The van der Waals surface area contributed by atoms with Gasteiger partial charge in [-0.1, -0.05) is 29.8 Å². The molecular formula is C22H16N2O3. The molecule has 0 aliphatic heterocycles. The second-order valence-corrected chi connectivity index (χ2v) is 6.41. The standard InChI is InChI=1S/C22H16N2O3/c1-3-27-22(26)20-17(14-7-4-12(2)5-8-14)18-19(24-20)16-10-13(11-23)6-9-15(16)21(18)25/h4-10,24H,3H2,1-2H3. The molecule has 0 radical (unpaired) electrons. The number of nitrogens with zero attached hydrogens (tertiary/aromatic N) is 1. The van der Waals surface area contributed by atoms with E-state index >= 15 is 0 Å². The van der Waals surface area contributed by atoms with Gasteiger partial charge in [0, 0.05) is 16.7 Å². The summed E-state index contributed by atoms with van der Waals surface area (Å²) in [6, 6.07) is 14.7. The lowest BCUT2D eigenvalue weighted by Crippen LogP contribution is -2.08. The van der Waals surface area contributed by atoms with Gasteiger partial charge in [-0.25, -0.2) is 4.79 Å². The Balaban J connectivity index is 2.00. The molecule has 0 amide bonds. The molecule has 1 aliphatic carbocycles. The number of nitrogens with one attached hydrogen (secondary N) is 1. The number of H-pyrrole nitrogens is 1. The van der Waals surface area contributed by atoms with Crippen molar-refractivity contribution in [3.63, 3.8) is 0 Å². The van der Waals surface area contributed by atoms with Crippen LogP contribution in [0, 0.1) is 18.3 Å². The van der Waals surface area contributed by atoms with Gasteiger partial charge in [0.05, 0.1) is 29.5 Å². The molecule has 1 aromatic heterocycles. The molecule has 5 heteroatoms. The van der Waals surface area contributed by atoms with Gasteiger partial charge in [0.2, 0.25) is 0 Å². The summed E-state index contributed by atoms with van der Waals surface area (Å²) < 4.78 is 5.19. The Morgan fingerprint density at radius 1 is 1.11 bits per heavy atom. The molecule has 0 spiro atoms. The molecule has 0 saturated carbocycles. The summed E-state index contributed by atoms with van der Waals surface area (Å²) in [7, 11) is 0. The number of hydrogen-bond acceptors (Lipinski definition) is 4. The highest BCUT2D eigenvalue weighted by atomic mass is 16.5. The van der Waals surface area contributed by atoms with Crippen LogP contribution in [-0.2, 0) is 4.74 Å². The summed E-state index contributed by atoms with van der Waals surface area (Å²) in [6.07, 6.45) is 0. The zero-order valence-corrected chi connectivity index (χ0v) is 14.9. The molecule has 0 bridgehead atoms. The van der Waals surface area contributed by atoms with Crippen molar-refractivity contribution < 1.29 is 14.3 Å². The number of ether oxygens (including phenoxy) is 1. The van der Waals surface area contributed by atoms with E-state index in [1.165, 1.54) is 0 Å². The summed E-state index contributed by atoms with van der Waals surface area (Å²) in [4.78, 5) is 28.7. The summed E-state index contributed by atoms with van der Waals surface area (Å²) in [5.74, 6) is -0.667. The molecule has 0 atom stereocenters. The van der Waals surface area contributed by atoms with Crippen LogP contribution in [0.4, 0.5) is 0 Å². The first-order chi connectivity index (χ1) is 13.0. The lowest BCUT2D eigenvalue weighted by Gasteiger charge is -2.07. The smallest absolute Gasteiger partial charge is 0.355 e. The van der Waals surface area contributed by atoms with Crippen molar-refractivity contribution in [3.05, 3.63) is 70.4 Å². The zero-order chi connectivity index (χ0) is 19.1. The van der Waals surface area contributed by atoms with Crippen molar-refractivity contribution in [2.75, 3.05) is 6.61 Å². The van der Waals surface area contributed by atoms with E-state index in [4.69, 9.17) is 4.74 Å². The number of aryl methyl sites for hydroxylation is 1. The van der Waals surface area contributed by atoms with Crippen LogP contribution < -0.4 is 0 Å². The number of carbonyl (C=O) groups excluding carboxylic acids is 2. The first-order valence-electron chi connectivity index (χ1n) is 8.64. The van der Waals surface area contributed by atoms with Crippen LogP contribution in [0.2, 0.25) is 0 Å². The fraction of sp³-hybridized carbons (Fsp3) is 0.136. The fourth-order valence-corrected chi connectivity index (χ4v) is 3.45. The van der Waals surface area contributed by atoms with Crippen LogP contribution >= 0.6 is 0 Å². The molecule has 3 aromatic rings. The molecule has 27 heavy (non-hydrogen) atoms. The molecule has 0 fully saturated rings. The van der Waals surface area contributed by atoms with E-state index in [2.05, 4.69) is 11.1 Å². The monoisotopic (exact) mass is 356 g/mol. The molecule has 1 N–H and O–H groups in total. The van der Waals surface area contributed by atoms with E-state index in [-0.39, 0.29) is 18.1 Å². The Morgan fingerprint density at radius 3 is 2.52 bits per heavy atom. The van der Waals surface area contributed by atoms with Crippen molar-refractivity contribution in [3.8, 4) is 28.5 Å². The maximum Gasteiger partial charge on any atom is 0.355 e. The van der Waals surface area contributed by atoms with Crippen LogP contribution in [0.5, 0.6) is 0 Å². The summed E-state index contributed by atoms with van der Waals surface area (Å²) in [5, 5.41) is 9.19. The zero-order valence-electron chi connectivity index (χ0n) is 14.9. The summed E-state index contributed by atoms with van der Waals surface area (Å²) in [5.41, 5.74) is 5.28. The summed E-state index contributed by atoms with van der Waals surface area (Å²) in [6.45, 7) is 3.95. The van der Waals surface area contributed by atoms with Gasteiger partial charge in [-0.3, -0.25) is 4.79 Å². The van der Waals surface area contributed by atoms with E-state index in [0.717, 1.165) is 11.1 Å². The number of esters is 1. The third kappa shape index (κ3) is 2.54. The van der Waals surface area contributed by atoms with Gasteiger partial charge in [0.1, 0.15) is 5.69 Å². The molecule has 2 aromatic carbocycles. The van der Waals surface area contributed by atoms with Crippen molar-refractivity contribution in [1.82, 2.24) is 4.98 Å². The minimum absolute atomic E-state index is 0.160. The number of fused-ring (bicyclic) bond motifs is 3. The second kappa shape index (κ2) is 6.26. The Kier molecular flexibility index (Phi) is 3.89. The summed E-state index contributed by atoms with van der Waals surface area (Å²) >= 11 is 0. The van der Waals surface area contributed by atoms with Crippen LogP contribution in [0.25, 0.3) is 22.4 Å². The van der Waals surface area contributed by atoms with Gasteiger partial charge in [-0.15, -0.1) is 0 Å². The van der Waals surface area contributed by atoms with Gasteiger partial charge < -0.3 is 9.72 Å². The number of rotatable bonds is 3. The normalized spacial score (nSPS) is 11.7.